The largest absolute Gasteiger partial charge is 0.388 e. The molecule has 7 heteroatoms. The Morgan fingerprint density at radius 3 is 2.57 bits per heavy atom. The summed E-state index contributed by atoms with van der Waals surface area (Å²) in [7, 11) is 0. The van der Waals surface area contributed by atoms with Crippen molar-refractivity contribution in [3.63, 3.8) is 0 Å². The highest BCUT2D eigenvalue weighted by atomic mass is 19.1. The third-order valence-corrected chi connectivity index (χ3v) is 4.68. The molecule has 3 aromatic carbocycles. The van der Waals surface area contributed by atoms with Gasteiger partial charge in [0.1, 0.15) is 5.82 Å². The second-order valence-corrected chi connectivity index (χ2v) is 6.74. The Hall–Kier alpha value is -4.02. The van der Waals surface area contributed by atoms with Gasteiger partial charge in [-0.25, -0.2) is 9.37 Å². The summed E-state index contributed by atoms with van der Waals surface area (Å²) in [5.74, 6) is -0.597. The van der Waals surface area contributed by atoms with Gasteiger partial charge in [0.05, 0.1) is 35.2 Å². The number of fused-ring (bicyclic) bond motifs is 1. The molecule has 0 radical (unpaired) electrons. The maximum absolute atomic E-state index is 13.4. The third kappa shape index (κ3) is 3.90. The van der Waals surface area contributed by atoms with Crippen LogP contribution in [0.3, 0.4) is 0 Å². The van der Waals surface area contributed by atoms with Crippen molar-refractivity contribution < 1.29 is 14.3 Å². The lowest BCUT2D eigenvalue weighted by atomic mass is 10.1. The summed E-state index contributed by atoms with van der Waals surface area (Å²) in [6, 6.07) is 21.7. The first-order valence-electron chi connectivity index (χ1n) is 9.26. The number of anilines is 1. The van der Waals surface area contributed by atoms with Gasteiger partial charge in [0.15, 0.2) is 0 Å². The Balaban J connectivity index is 1.69. The van der Waals surface area contributed by atoms with Gasteiger partial charge < -0.3 is 5.11 Å². The summed E-state index contributed by atoms with van der Waals surface area (Å²) >= 11 is 0. The zero-order valence-corrected chi connectivity index (χ0v) is 15.8. The van der Waals surface area contributed by atoms with Gasteiger partial charge in [0, 0.05) is 5.69 Å². The molecule has 30 heavy (non-hydrogen) atoms. The van der Waals surface area contributed by atoms with Crippen molar-refractivity contribution in [2.45, 2.75) is 12.5 Å². The number of imidazole rings is 1. The lowest BCUT2D eigenvalue weighted by molar-refractivity contribution is -0.118. The van der Waals surface area contributed by atoms with Crippen LogP contribution in [0.5, 0.6) is 0 Å². The predicted molar refractivity (Wildman–Crippen MR) is 110 cm³/mol. The van der Waals surface area contributed by atoms with Crippen LogP contribution in [0.1, 0.15) is 23.7 Å². The molecule has 1 heterocycles. The van der Waals surface area contributed by atoms with Crippen LogP contribution in [0.2, 0.25) is 0 Å². The summed E-state index contributed by atoms with van der Waals surface area (Å²) in [5.41, 5.74) is 2.81. The van der Waals surface area contributed by atoms with Crippen LogP contribution in [0.4, 0.5) is 10.3 Å². The van der Waals surface area contributed by atoms with Crippen LogP contribution >= 0.6 is 0 Å². The summed E-state index contributed by atoms with van der Waals surface area (Å²) in [6.07, 6.45) is -1.11. The fourth-order valence-electron chi connectivity index (χ4n) is 3.22. The lowest BCUT2D eigenvalue weighted by Crippen LogP contribution is -2.18. The van der Waals surface area contributed by atoms with E-state index in [-0.39, 0.29) is 12.4 Å². The summed E-state index contributed by atoms with van der Waals surface area (Å²) in [5, 5.41) is 22.3. The van der Waals surface area contributed by atoms with E-state index in [9.17, 15) is 19.6 Å². The molecule has 0 fully saturated rings. The SMILES string of the molecule is N#Cc1ccc2nc(NC(=O)C[C@@H](O)c3ccccc3)n(-c3ccc(F)cc3)c2c1. The van der Waals surface area contributed by atoms with Crippen LogP contribution in [-0.4, -0.2) is 20.6 Å². The number of aromatic nitrogens is 2. The molecule has 2 N–H and O–H groups in total. The predicted octanol–water partition coefficient (Wildman–Crippen LogP) is 4.10. The topological polar surface area (TPSA) is 90.9 Å². The molecule has 0 bridgehead atoms. The van der Waals surface area contributed by atoms with E-state index < -0.39 is 17.8 Å². The fraction of sp³-hybridized carbons (Fsp3) is 0.0870. The highest BCUT2D eigenvalue weighted by Crippen LogP contribution is 2.26. The maximum atomic E-state index is 13.4. The summed E-state index contributed by atoms with van der Waals surface area (Å²) in [4.78, 5) is 17.1. The molecular weight excluding hydrogens is 383 g/mol. The molecule has 4 aromatic rings. The van der Waals surface area contributed by atoms with E-state index in [4.69, 9.17) is 0 Å². The molecule has 0 aliphatic rings. The van der Waals surface area contributed by atoms with E-state index in [1.165, 1.54) is 12.1 Å². The van der Waals surface area contributed by atoms with Gasteiger partial charge in [0.2, 0.25) is 11.9 Å². The van der Waals surface area contributed by atoms with E-state index in [0.717, 1.165) is 0 Å². The van der Waals surface area contributed by atoms with Gasteiger partial charge in [-0.2, -0.15) is 5.26 Å². The summed E-state index contributed by atoms with van der Waals surface area (Å²) in [6.45, 7) is 0. The van der Waals surface area contributed by atoms with Crippen molar-refractivity contribution in [1.29, 1.82) is 5.26 Å². The first-order valence-corrected chi connectivity index (χ1v) is 9.26. The number of carbonyl (C=O) groups is 1. The van der Waals surface area contributed by atoms with Crippen molar-refractivity contribution in [2.75, 3.05) is 5.32 Å². The average Bonchev–Trinajstić information content (AvgIpc) is 3.11. The number of rotatable bonds is 5. The minimum Gasteiger partial charge on any atom is -0.388 e. The molecule has 148 valence electrons. The van der Waals surface area contributed by atoms with Gasteiger partial charge in [-0.1, -0.05) is 30.3 Å². The smallest absolute Gasteiger partial charge is 0.229 e. The molecular formula is C23H17FN4O2. The second kappa shape index (κ2) is 8.15. The highest BCUT2D eigenvalue weighted by molar-refractivity contribution is 5.93. The number of carbonyl (C=O) groups excluding carboxylic acids is 1. The molecule has 6 nitrogen and oxygen atoms in total. The quantitative estimate of drug-likeness (QED) is 0.528. The Bertz CT molecular complexity index is 1240. The molecule has 1 atom stereocenters. The Kier molecular flexibility index (Phi) is 5.24. The molecule has 0 unspecified atom stereocenters. The lowest BCUT2D eigenvalue weighted by Gasteiger charge is -2.13. The van der Waals surface area contributed by atoms with Crippen LogP contribution < -0.4 is 5.32 Å². The number of aliphatic hydroxyl groups is 1. The minimum atomic E-state index is -0.958. The number of benzene rings is 3. The van der Waals surface area contributed by atoms with Gasteiger partial charge in [-0.15, -0.1) is 0 Å². The van der Waals surface area contributed by atoms with E-state index in [0.29, 0.717) is 27.8 Å². The van der Waals surface area contributed by atoms with Crippen molar-refractivity contribution >= 4 is 22.9 Å². The molecule has 0 spiro atoms. The van der Waals surface area contributed by atoms with Crippen molar-refractivity contribution in [3.8, 4) is 11.8 Å². The number of amides is 1. The number of nitrogens with one attached hydrogen (secondary N) is 1. The molecule has 0 aliphatic heterocycles. The van der Waals surface area contributed by atoms with Crippen LogP contribution in [0.25, 0.3) is 16.7 Å². The Labute approximate surface area is 171 Å². The van der Waals surface area contributed by atoms with E-state index in [2.05, 4.69) is 16.4 Å². The highest BCUT2D eigenvalue weighted by Gasteiger charge is 2.18. The van der Waals surface area contributed by atoms with Crippen molar-refractivity contribution in [2.24, 2.45) is 0 Å². The Morgan fingerprint density at radius 1 is 1.13 bits per heavy atom. The maximum Gasteiger partial charge on any atom is 0.229 e. The minimum absolute atomic E-state index is 0.153. The van der Waals surface area contributed by atoms with Gasteiger partial charge in [-0.3, -0.25) is 14.7 Å². The van der Waals surface area contributed by atoms with E-state index in [1.807, 2.05) is 6.07 Å². The number of hydrogen-bond acceptors (Lipinski definition) is 4. The third-order valence-electron chi connectivity index (χ3n) is 4.68. The first-order chi connectivity index (χ1) is 14.5. The van der Waals surface area contributed by atoms with Gasteiger partial charge in [0.25, 0.3) is 0 Å². The average molecular weight is 400 g/mol. The fourth-order valence-corrected chi connectivity index (χ4v) is 3.22. The van der Waals surface area contributed by atoms with Gasteiger partial charge >= 0.3 is 0 Å². The monoisotopic (exact) mass is 400 g/mol. The molecule has 0 aliphatic carbocycles. The van der Waals surface area contributed by atoms with Crippen molar-refractivity contribution in [1.82, 2.24) is 9.55 Å². The number of halogens is 1. The number of nitrogens with zero attached hydrogens (tertiary/aromatic N) is 3. The Morgan fingerprint density at radius 2 is 1.87 bits per heavy atom. The second-order valence-electron chi connectivity index (χ2n) is 6.74. The van der Waals surface area contributed by atoms with Crippen LogP contribution in [-0.2, 0) is 4.79 Å². The molecule has 0 saturated heterocycles. The number of hydrogen-bond donors (Lipinski definition) is 2. The van der Waals surface area contributed by atoms with Gasteiger partial charge in [-0.05, 0) is 48.0 Å². The normalized spacial score (nSPS) is 11.8. The zero-order chi connectivity index (χ0) is 21.1. The number of aliphatic hydroxyl groups excluding tert-OH is 1. The first kappa shape index (κ1) is 19.3. The molecule has 4 rings (SSSR count). The van der Waals surface area contributed by atoms with E-state index >= 15 is 0 Å². The number of nitriles is 1. The molecule has 0 saturated carbocycles. The van der Waals surface area contributed by atoms with Crippen molar-refractivity contribution in [3.05, 3.63) is 89.7 Å². The van der Waals surface area contributed by atoms with Crippen LogP contribution in [0, 0.1) is 17.1 Å². The summed E-state index contributed by atoms with van der Waals surface area (Å²) < 4.78 is 15.1. The molecule has 1 aromatic heterocycles. The van der Waals surface area contributed by atoms with E-state index in [1.54, 1.807) is 59.2 Å². The standard InChI is InChI=1S/C23H17FN4O2/c24-17-7-9-18(10-8-17)28-20-12-15(14-25)6-11-19(20)26-23(28)27-22(30)13-21(29)16-4-2-1-3-5-16/h1-12,21,29H,13H2,(H,26,27,30)/t21-/m1/s1. The zero-order valence-electron chi connectivity index (χ0n) is 15.8. The molecule has 1 amide bonds. The van der Waals surface area contributed by atoms with Crippen LogP contribution in [0.15, 0.2) is 72.8 Å².